The molecule has 0 atom stereocenters. The van der Waals surface area contributed by atoms with Crippen molar-refractivity contribution in [2.75, 3.05) is 0 Å². The van der Waals surface area contributed by atoms with Gasteiger partial charge in [-0.1, -0.05) is 24.2 Å². The fourth-order valence-corrected chi connectivity index (χ4v) is 1.58. The highest BCUT2D eigenvalue weighted by Gasteiger charge is 2.19. The third-order valence-corrected chi connectivity index (χ3v) is 2.39. The summed E-state index contributed by atoms with van der Waals surface area (Å²) in [7, 11) is 0. The second kappa shape index (κ2) is 4.45. The molecule has 5 heteroatoms. The van der Waals surface area contributed by atoms with E-state index >= 15 is 0 Å². The number of aryl methyl sites for hydroxylation is 1. The Hall–Kier alpha value is -2.04. The zero-order chi connectivity index (χ0) is 12.4. The van der Waals surface area contributed by atoms with Crippen LogP contribution in [0.25, 0.3) is 11.4 Å². The summed E-state index contributed by atoms with van der Waals surface area (Å²) in [5.41, 5.74) is 0.393. The molecule has 0 radical (unpaired) electrons. The van der Waals surface area contributed by atoms with Crippen LogP contribution in [0, 0.1) is 12.7 Å². The molecular formula is C12H11FN2O2. The van der Waals surface area contributed by atoms with E-state index in [1.807, 2.05) is 0 Å². The predicted molar refractivity (Wildman–Crippen MR) is 59.1 cm³/mol. The Kier molecular flexibility index (Phi) is 2.99. The molecule has 0 unspecified atom stereocenters. The molecule has 0 saturated carbocycles. The van der Waals surface area contributed by atoms with Crippen molar-refractivity contribution in [1.82, 2.24) is 10.1 Å². The van der Waals surface area contributed by atoms with Crippen LogP contribution in [-0.4, -0.2) is 15.9 Å². The normalized spacial score (nSPS) is 10.5. The first-order valence-electron chi connectivity index (χ1n) is 5.26. The van der Waals surface area contributed by atoms with Crippen LogP contribution in [0.15, 0.2) is 22.7 Å². The lowest BCUT2D eigenvalue weighted by Crippen LogP contribution is -2.02. The maximum atomic E-state index is 13.8. The van der Waals surface area contributed by atoms with E-state index in [9.17, 15) is 9.18 Å². The van der Waals surface area contributed by atoms with Crippen LogP contribution in [0.5, 0.6) is 0 Å². The van der Waals surface area contributed by atoms with E-state index in [0.717, 1.165) is 0 Å². The van der Waals surface area contributed by atoms with E-state index < -0.39 is 5.82 Å². The topological polar surface area (TPSA) is 56.0 Å². The summed E-state index contributed by atoms with van der Waals surface area (Å²) in [5, 5.41) is 3.65. The minimum atomic E-state index is -0.523. The van der Waals surface area contributed by atoms with E-state index in [2.05, 4.69) is 10.1 Å². The van der Waals surface area contributed by atoms with Gasteiger partial charge in [-0.3, -0.25) is 4.79 Å². The Bertz CT molecular complexity index is 563. The number of Topliss-reactive ketones (excluding diaryl/α,β-unsaturated/α-hetero) is 1. The number of ketones is 1. The highest BCUT2D eigenvalue weighted by Crippen LogP contribution is 2.25. The molecule has 1 aromatic heterocycles. The van der Waals surface area contributed by atoms with Crippen molar-refractivity contribution in [3.8, 4) is 11.4 Å². The number of rotatable bonds is 3. The standard InChI is InChI=1S/C12H11FN2O2/c1-3-10(16)8-5-4-6-9(13)11(8)12-14-7(2)17-15-12/h4-6H,3H2,1-2H3. The van der Waals surface area contributed by atoms with E-state index in [1.54, 1.807) is 19.9 Å². The van der Waals surface area contributed by atoms with Gasteiger partial charge in [-0.05, 0) is 6.07 Å². The lowest BCUT2D eigenvalue weighted by Gasteiger charge is -2.04. The summed E-state index contributed by atoms with van der Waals surface area (Å²) in [6.45, 7) is 3.33. The van der Waals surface area contributed by atoms with Gasteiger partial charge in [-0.15, -0.1) is 0 Å². The number of hydrogen-bond acceptors (Lipinski definition) is 4. The van der Waals surface area contributed by atoms with Crippen molar-refractivity contribution in [2.24, 2.45) is 0 Å². The van der Waals surface area contributed by atoms with E-state index in [0.29, 0.717) is 12.3 Å². The van der Waals surface area contributed by atoms with Gasteiger partial charge in [0.25, 0.3) is 0 Å². The number of hydrogen-bond donors (Lipinski definition) is 0. The first kappa shape index (κ1) is 11.4. The molecular weight excluding hydrogens is 223 g/mol. The number of benzene rings is 1. The minimum absolute atomic E-state index is 0.108. The first-order valence-corrected chi connectivity index (χ1v) is 5.26. The largest absolute Gasteiger partial charge is 0.339 e. The molecule has 2 rings (SSSR count). The molecule has 0 fully saturated rings. The number of halogens is 1. The van der Waals surface area contributed by atoms with Crippen molar-refractivity contribution in [1.29, 1.82) is 0 Å². The van der Waals surface area contributed by atoms with Crippen LogP contribution in [0.4, 0.5) is 4.39 Å². The molecule has 88 valence electrons. The second-order valence-electron chi connectivity index (χ2n) is 3.58. The second-order valence-corrected chi connectivity index (χ2v) is 3.58. The Balaban J connectivity index is 2.63. The van der Waals surface area contributed by atoms with Gasteiger partial charge in [0.05, 0.1) is 5.56 Å². The molecule has 0 aliphatic heterocycles. The van der Waals surface area contributed by atoms with Crippen LogP contribution in [-0.2, 0) is 0 Å². The van der Waals surface area contributed by atoms with Crippen molar-refractivity contribution in [3.63, 3.8) is 0 Å². The molecule has 0 N–H and O–H groups in total. The molecule has 1 heterocycles. The fourth-order valence-electron chi connectivity index (χ4n) is 1.58. The van der Waals surface area contributed by atoms with Gasteiger partial charge in [0.2, 0.25) is 11.7 Å². The summed E-state index contributed by atoms with van der Waals surface area (Å²) in [4.78, 5) is 15.7. The summed E-state index contributed by atoms with van der Waals surface area (Å²) < 4.78 is 18.6. The molecule has 17 heavy (non-hydrogen) atoms. The van der Waals surface area contributed by atoms with Crippen molar-refractivity contribution >= 4 is 5.78 Å². The van der Waals surface area contributed by atoms with Crippen LogP contribution in [0.3, 0.4) is 0 Å². The monoisotopic (exact) mass is 234 g/mol. The maximum absolute atomic E-state index is 13.8. The zero-order valence-electron chi connectivity index (χ0n) is 9.53. The SMILES string of the molecule is CCC(=O)c1cccc(F)c1-c1noc(C)n1. The zero-order valence-corrected chi connectivity index (χ0v) is 9.53. The molecule has 0 spiro atoms. The van der Waals surface area contributed by atoms with Crippen molar-refractivity contribution < 1.29 is 13.7 Å². The highest BCUT2D eigenvalue weighted by atomic mass is 19.1. The third-order valence-electron chi connectivity index (χ3n) is 2.39. The fraction of sp³-hybridized carbons (Fsp3) is 0.250. The van der Waals surface area contributed by atoms with Gasteiger partial charge in [-0.2, -0.15) is 4.98 Å². The maximum Gasteiger partial charge on any atom is 0.223 e. The Morgan fingerprint density at radius 3 is 2.82 bits per heavy atom. The smallest absolute Gasteiger partial charge is 0.223 e. The average Bonchev–Trinajstić information content (AvgIpc) is 2.74. The van der Waals surface area contributed by atoms with Crippen molar-refractivity contribution in [2.45, 2.75) is 20.3 Å². The quantitative estimate of drug-likeness (QED) is 0.766. The van der Waals surface area contributed by atoms with E-state index in [1.165, 1.54) is 12.1 Å². The third kappa shape index (κ3) is 2.08. The summed E-state index contributed by atoms with van der Waals surface area (Å²) >= 11 is 0. The van der Waals surface area contributed by atoms with Crippen molar-refractivity contribution in [3.05, 3.63) is 35.5 Å². The number of aromatic nitrogens is 2. The van der Waals surface area contributed by atoms with Gasteiger partial charge < -0.3 is 4.52 Å². The molecule has 0 aliphatic carbocycles. The van der Waals surface area contributed by atoms with Gasteiger partial charge in [0.1, 0.15) is 5.82 Å². The Morgan fingerprint density at radius 2 is 2.24 bits per heavy atom. The molecule has 0 saturated heterocycles. The van der Waals surface area contributed by atoms with Crippen LogP contribution in [0.2, 0.25) is 0 Å². The molecule has 0 aliphatic rings. The lowest BCUT2D eigenvalue weighted by atomic mass is 10.0. The van der Waals surface area contributed by atoms with Crippen LogP contribution in [0.1, 0.15) is 29.6 Å². The molecule has 0 amide bonds. The van der Waals surface area contributed by atoms with Gasteiger partial charge in [0, 0.05) is 18.9 Å². The minimum Gasteiger partial charge on any atom is -0.339 e. The summed E-state index contributed by atoms with van der Waals surface area (Å²) in [6, 6.07) is 4.33. The summed E-state index contributed by atoms with van der Waals surface area (Å²) in [6.07, 6.45) is 0.299. The summed E-state index contributed by atoms with van der Waals surface area (Å²) in [5.74, 6) is -0.234. The molecule has 2 aromatic rings. The average molecular weight is 234 g/mol. The first-order chi connectivity index (χ1) is 8.13. The van der Waals surface area contributed by atoms with Crippen LogP contribution >= 0.6 is 0 Å². The molecule has 1 aromatic carbocycles. The number of carbonyl (C=O) groups excluding carboxylic acids is 1. The predicted octanol–water partition coefficient (Wildman–Crippen LogP) is 2.78. The van der Waals surface area contributed by atoms with Gasteiger partial charge in [0.15, 0.2) is 5.78 Å². The highest BCUT2D eigenvalue weighted by molar-refractivity contribution is 6.01. The van der Waals surface area contributed by atoms with E-state index in [4.69, 9.17) is 4.52 Å². The Labute approximate surface area is 97.5 Å². The number of carbonyl (C=O) groups is 1. The lowest BCUT2D eigenvalue weighted by molar-refractivity contribution is 0.0988. The van der Waals surface area contributed by atoms with Gasteiger partial charge in [-0.25, -0.2) is 4.39 Å². The molecule has 0 bridgehead atoms. The number of nitrogens with zero attached hydrogens (tertiary/aromatic N) is 2. The molecule has 4 nitrogen and oxygen atoms in total. The van der Waals surface area contributed by atoms with Crippen LogP contribution < -0.4 is 0 Å². The Morgan fingerprint density at radius 1 is 1.47 bits per heavy atom. The van der Waals surface area contributed by atoms with Gasteiger partial charge >= 0.3 is 0 Å². The van der Waals surface area contributed by atoms with E-state index in [-0.39, 0.29) is 22.7 Å².